The molecule has 2 aliphatic rings. The summed E-state index contributed by atoms with van der Waals surface area (Å²) < 4.78 is 0. The van der Waals surface area contributed by atoms with E-state index >= 15 is 0 Å². The number of hydrogen-bond donors (Lipinski definition) is 1. The molecule has 86 valence electrons. The maximum Gasteiger partial charge on any atom is 0.157 e. The van der Waals surface area contributed by atoms with E-state index in [4.69, 9.17) is 4.99 Å². The molecule has 2 nitrogen and oxygen atoms in total. The Morgan fingerprint density at radius 1 is 1.40 bits per heavy atom. The van der Waals surface area contributed by atoms with Crippen LogP contribution in [-0.4, -0.2) is 22.5 Å². The molecule has 0 spiro atoms. The lowest BCUT2D eigenvalue weighted by Gasteiger charge is -2.18. The monoisotopic (exact) mass is 226 g/mol. The Labute approximate surface area is 97.3 Å². The van der Waals surface area contributed by atoms with Crippen LogP contribution in [-0.2, 0) is 0 Å². The molecule has 1 atom stereocenters. The van der Waals surface area contributed by atoms with Crippen LogP contribution in [0.5, 0.6) is 0 Å². The Balaban J connectivity index is 1.92. The molecule has 1 aliphatic heterocycles. The van der Waals surface area contributed by atoms with Crippen LogP contribution < -0.4 is 5.32 Å². The van der Waals surface area contributed by atoms with Gasteiger partial charge in [0.15, 0.2) is 5.17 Å². The van der Waals surface area contributed by atoms with Crippen molar-refractivity contribution in [1.29, 1.82) is 0 Å². The molecule has 0 radical (unpaired) electrons. The summed E-state index contributed by atoms with van der Waals surface area (Å²) in [6.07, 6.45) is 5.58. The second-order valence-corrected chi connectivity index (χ2v) is 6.48. The lowest BCUT2D eigenvalue weighted by Crippen LogP contribution is -2.37. The molecule has 1 aliphatic carbocycles. The molecule has 15 heavy (non-hydrogen) atoms. The maximum atomic E-state index is 4.82. The molecule has 1 saturated carbocycles. The Morgan fingerprint density at radius 2 is 2.07 bits per heavy atom. The maximum absolute atomic E-state index is 4.82. The molecule has 1 N–H and O–H groups in total. The number of nitrogens with zero attached hydrogens (tertiary/aromatic N) is 1. The lowest BCUT2D eigenvalue weighted by molar-refractivity contribution is 0.457. The fraction of sp³-hybridized carbons (Fsp3) is 0.917. The third-order valence-corrected chi connectivity index (χ3v) is 4.76. The van der Waals surface area contributed by atoms with Crippen LogP contribution in [0, 0.1) is 5.92 Å². The van der Waals surface area contributed by atoms with Crippen LogP contribution in [0.1, 0.15) is 46.5 Å². The van der Waals surface area contributed by atoms with Gasteiger partial charge in [0.2, 0.25) is 0 Å². The van der Waals surface area contributed by atoms with Gasteiger partial charge in [-0.15, -0.1) is 0 Å². The minimum absolute atomic E-state index is 0.235. The number of rotatable bonds is 2. The number of nitrogens with one attached hydrogen (secondary N) is 1. The molecule has 3 heteroatoms. The van der Waals surface area contributed by atoms with Gasteiger partial charge in [-0.1, -0.05) is 24.6 Å². The normalized spacial score (nSPS) is 30.7. The van der Waals surface area contributed by atoms with Gasteiger partial charge in [-0.25, -0.2) is 0 Å². The third-order valence-electron chi connectivity index (χ3n) is 3.42. The first-order valence-electron chi connectivity index (χ1n) is 6.06. The molecule has 0 aromatic carbocycles. The van der Waals surface area contributed by atoms with Crippen molar-refractivity contribution in [1.82, 2.24) is 5.32 Å². The Kier molecular flexibility index (Phi) is 3.29. The van der Waals surface area contributed by atoms with Gasteiger partial charge in [-0.3, -0.25) is 4.99 Å². The number of thioether (sulfide) groups is 1. The van der Waals surface area contributed by atoms with Crippen LogP contribution >= 0.6 is 11.8 Å². The zero-order valence-electron chi connectivity index (χ0n) is 10.0. The average molecular weight is 226 g/mol. The van der Waals surface area contributed by atoms with Crippen LogP contribution in [0.2, 0.25) is 0 Å². The zero-order chi connectivity index (χ0) is 10.9. The average Bonchev–Trinajstić information content (AvgIpc) is 2.74. The summed E-state index contributed by atoms with van der Waals surface area (Å²) in [5, 5.41) is 4.66. The van der Waals surface area contributed by atoms with E-state index in [2.05, 4.69) is 26.1 Å². The van der Waals surface area contributed by atoms with Crippen LogP contribution in [0.3, 0.4) is 0 Å². The number of amidine groups is 1. The smallest absolute Gasteiger partial charge is 0.157 e. The Bertz CT molecular complexity index is 254. The van der Waals surface area contributed by atoms with Crippen molar-refractivity contribution in [3.8, 4) is 0 Å². The predicted molar refractivity (Wildman–Crippen MR) is 68.5 cm³/mol. The van der Waals surface area contributed by atoms with E-state index in [1.54, 1.807) is 0 Å². The second-order valence-electron chi connectivity index (χ2n) is 5.52. The van der Waals surface area contributed by atoms with Crippen molar-refractivity contribution >= 4 is 16.9 Å². The largest absolute Gasteiger partial charge is 0.359 e. The molecule has 0 amide bonds. The highest BCUT2D eigenvalue weighted by molar-refractivity contribution is 8.14. The minimum Gasteiger partial charge on any atom is -0.359 e. The Hall–Kier alpha value is -0.180. The molecule has 1 heterocycles. The van der Waals surface area contributed by atoms with E-state index in [9.17, 15) is 0 Å². The fourth-order valence-corrected chi connectivity index (χ4v) is 3.57. The van der Waals surface area contributed by atoms with Crippen molar-refractivity contribution < 1.29 is 0 Å². The summed E-state index contributed by atoms with van der Waals surface area (Å²) in [6, 6.07) is 0.511. The summed E-state index contributed by atoms with van der Waals surface area (Å²) in [5.41, 5.74) is 0.235. The van der Waals surface area contributed by atoms with Gasteiger partial charge in [-0.2, -0.15) is 0 Å². The topological polar surface area (TPSA) is 24.4 Å². The standard InChI is InChI=1S/C12H22N2S/c1-9(10-6-4-5-7-10)13-11-14-12(2,3)8-15-11/h9-10H,4-8H2,1-3H3,(H,13,14). The number of aliphatic imine (C=N–C) groups is 1. The highest BCUT2D eigenvalue weighted by atomic mass is 32.2. The van der Waals surface area contributed by atoms with E-state index in [0.29, 0.717) is 6.04 Å². The van der Waals surface area contributed by atoms with Gasteiger partial charge in [-0.05, 0) is 39.5 Å². The first-order valence-corrected chi connectivity index (χ1v) is 7.04. The summed E-state index contributed by atoms with van der Waals surface area (Å²) in [4.78, 5) is 4.82. The summed E-state index contributed by atoms with van der Waals surface area (Å²) >= 11 is 1.88. The van der Waals surface area contributed by atoms with Crippen molar-refractivity contribution in [3.05, 3.63) is 0 Å². The van der Waals surface area contributed by atoms with Gasteiger partial charge in [0.1, 0.15) is 0 Å². The molecule has 1 saturated heterocycles. The first kappa shape index (κ1) is 11.3. The SMILES string of the molecule is CC(N=C1NC(C)(C)CS1)C1CCCC1. The van der Waals surface area contributed by atoms with Crippen LogP contribution in [0.15, 0.2) is 4.99 Å². The van der Waals surface area contributed by atoms with Gasteiger partial charge in [0.25, 0.3) is 0 Å². The van der Waals surface area contributed by atoms with Gasteiger partial charge in [0, 0.05) is 11.3 Å². The fourth-order valence-electron chi connectivity index (χ4n) is 2.41. The first-order chi connectivity index (χ1) is 7.07. The predicted octanol–water partition coefficient (Wildman–Crippen LogP) is 3.04. The molecular weight excluding hydrogens is 204 g/mol. The molecule has 2 rings (SSSR count). The van der Waals surface area contributed by atoms with Crippen molar-refractivity contribution in [2.24, 2.45) is 10.9 Å². The molecule has 0 aromatic heterocycles. The minimum atomic E-state index is 0.235. The van der Waals surface area contributed by atoms with Crippen LogP contribution in [0.4, 0.5) is 0 Å². The Morgan fingerprint density at radius 3 is 2.60 bits per heavy atom. The van der Waals surface area contributed by atoms with E-state index in [1.165, 1.54) is 30.9 Å². The molecule has 0 bridgehead atoms. The second kappa shape index (κ2) is 4.36. The van der Waals surface area contributed by atoms with E-state index in [-0.39, 0.29) is 5.54 Å². The summed E-state index contributed by atoms with van der Waals surface area (Å²) in [5.74, 6) is 1.98. The third kappa shape index (κ3) is 2.90. The quantitative estimate of drug-likeness (QED) is 0.782. The van der Waals surface area contributed by atoms with Gasteiger partial charge in [0.05, 0.1) is 6.04 Å². The molecule has 2 fully saturated rings. The summed E-state index contributed by atoms with van der Waals surface area (Å²) in [6.45, 7) is 6.75. The van der Waals surface area contributed by atoms with Crippen molar-refractivity contribution in [3.63, 3.8) is 0 Å². The molecule has 0 aromatic rings. The number of hydrogen-bond acceptors (Lipinski definition) is 2. The lowest BCUT2D eigenvalue weighted by atomic mass is 10.0. The molecule has 1 unspecified atom stereocenters. The van der Waals surface area contributed by atoms with E-state index < -0.39 is 0 Å². The van der Waals surface area contributed by atoms with Crippen molar-refractivity contribution in [2.75, 3.05) is 5.75 Å². The van der Waals surface area contributed by atoms with Gasteiger partial charge >= 0.3 is 0 Å². The van der Waals surface area contributed by atoms with Crippen LogP contribution in [0.25, 0.3) is 0 Å². The highest BCUT2D eigenvalue weighted by Gasteiger charge is 2.29. The van der Waals surface area contributed by atoms with E-state index in [1.807, 2.05) is 11.8 Å². The van der Waals surface area contributed by atoms with E-state index in [0.717, 1.165) is 11.7 Å². The summed E-state index contributed by atoms with van der Waals surface area (Å²) in [7, 11) is 0. The highest BCUT2D eigenvalue weighted by Crippen LogP contribution is 2.30. The van der Waals surface area contributed by atoms with Crippen molar-refractivity contribution in [2.45, 2.75) is 58.0 Å². The zero-order valence-corrected chi connectivity index (χ0v) is 10.9. The molecular formula is C12H22N2S. The van der Waals surface area contributed by atoms with Gasteiger partial charge < -0.3 is 5.32 Å².